The number of amides is 1. The highest BCUT2D eigenvalue weighted by Gasteiger charge is 2.32. The van der Waals surface area contributed by atoms with Gasteiger partial charge in [0.05, 0.1) is 12.0 Å². The van der Waals surface area contributed by atoms with Gasteiger partial charge in [0, 0.05) is 32.6 Å². The number of sulfonamides is 1. The molecule has 0 aromatic heterocycles. The van der Waals surface area contributed by atoms with Gasteiger partial charge in [0.15, 0.2) is 0 Å². The second kappa shape index (κ2) is 7.74. The minimum absolute atomic E-state index is 0.101. The van der Waals surface area contributed by atoms with Crippen molar-refractivity contribution < 1.29 is 17.9 Å². The highest BCUT2D eigenvalue weighted by molar-refractivity contribution is 7.89. The lowest BCUT2D eigenvalue weighted by atomic mass is 10.1. The molecule has 1 aliphatic rings. The lowest BCUT2D eigenvalue weighted by Gasteiger charge is -2.35. The summed E-state index contributed by atoms with van der Waals surface area (Å²) in [6.07, 6.45) is 0.503. The normalized spacial score (nSPS) is 16.3. The third-order valence-corrected chi connectivity index (χ3v) is 6.65. The maximum atomic E-state index is 13.1. The van der Waals surface area contributed by atoms with E-state index in [0.29, 0.717) is 60.3 Å². The molecule has 1 fully saturated rings. The van der Waals surface area contributed by atoms with Crippen molar-refractivity contribution >= 4 is 15.9 Å². The van der Waals surface area contributed by atoms with Gasteiger partial charge in [0.25, 0.3) is 0 Å². The number of rotatable bonds is 5. The van der Waals surface area contributed by atoms with Crippen molar-refractivity contribution in [3.63, 3.8) is 0 Å². The molecule has 1 amide bonds. The molecule has 25 heavy (non-hydrogen) atoms. The highest BCUT2D eigenvalue weighted by Crippen LogP contribution is 2.28. The van der Waals surface area contributed by atoms with Crippen molar-refractivity contribution in [3.05, 3.63) is 23.3 Å². The number of nitrogens with zero attached hydrogens (tertiary/aromatic N) is 2. The third-order valence-electron chi connectivity index (χ3n) is 4.44. The predicted molar refractivity (Wildman–Crippen MR) is 97.3 cm³/mol. The van der Waals surface area contributed by atoms with Gasteiger partial charge in [0.1, 0.15) is 5.75 Å². The van der Waals surface area contributed by atoms with Crippen LogP contribution in [0, 0.1) is 19.8 Å². The summed E-state index contributed by atoms with van der Waals surface area (Å²) < 4.78 is 32.8. The van der Waals surface area contributed by atoms with E-state index in [4.69, 9.17) is 4.74 Å². The molecule has 0 atom stereocenters. The number of piperazine rings is 1. The number of carbonyl (C=O) groups is 1. The Morgan fingerprint density at radius 3 is 2.08 bits per heavy atom. The smallest absolute Gasteiger partial charge is 0.243 e. The maximum Gasteiger partial charge on any atom is 0.243 e. The lowest BCUT2D eigenvalue weighted by Crippen LogP contribution is -2.50. The Hall–Kier alpha value is -1.60. The zero-order chi connectivity index (χ0) is 18.8. The molecule has 2 rings (SSSR count). The van der Waals surface area contributed by atoms with Gasteiger partial charge in [-0.2, -0.15) is 4.31 Å². The zero-order valence-corrected chi connectivity index (χ0v) is 16.5. The monoisotopic (exact) mass is 368 g/mol. The van der Waals surface area contributed by atoms with E-state index in [1.807, 2.05) is 13.8 Å². The fourth-order valence-electron chi connectivity index (χ4n) is 3.22. The van der Waals surface area contributed by atoms with Crippen LogP contribution in [0.25, 0.3) is 0 Å². The van der Waals surface area contributed by atoms with Crippen molar-refractivity contribution in [2.45, 2.75) is 39.0 Å². The van der Waals surface area contributed by atoms with Crippen molar-refractivity contribution in [2.75, 3.05) is 33.3 Å². The molecule has 1 aromatic carbocycles. The summed E-state index contributed by atoms with van der Waals surface area (Å²) in [5.74, 6) is 1.06. The molecular weight excluding hydrogens is 340 g/mol. The minimum Gasteiger partial charge on any atom is -0.497 e. The SMILES string of the molecule is COc1cc(C)c(S(=O)(=O)N2CCN(C(=O)CC(C)C)CC2)c(C)c1. The molecule has 0 spiro atoms. The first-order valence-electron chi connectivity index (χ1n) is 8.60. The van der Waals surface area contributed by atoms with Crippen LogP contribution in [-0.2, 0) is 14.8 Å². The maximum absolute atomic E-state index is 13.1. The Morgan fingerprint density at radius 2 is 1.64 bits per heavy atom. The van der Waals surface area contributed by atoms with E-state index in [-0.39, 0.29) is 5.91 Å². The van der Waals surface area contributed by atoms with Crippen LogP contribution in [0.15, 0.2) is 17.0 Å². The van der Waals surface area contributed by atoms with Gasteiger partial charge in [-0.15, -0.1) is 0 Å². The molecule has 140 valence electrons. The number of carbonyl (C=O) groups excluding carboxylic acids is 1. The molecular formula is C18H28N2O4S. The first-order valence-corrected chi connectivity index (χ1v) is 10.0. The molecule has 0 bridgehead atoms. The molecule has 0 unspecified atom stereocenters. The van der Waals surface area contributed by atoms with Crippen molar-refractivity contribution in [1.82, 2.24) is 9.21 Å². The Bertz CT molecular complexity index is 712. The van der Waals surface area contributed by atoms with Gasteiger partial charge >= 0.3 is 0 Å². The Kier molecular flexibility index (Phi) is 6.11. The van der Waals surface area contributed by atoms with Crippen LogP contribution < -0.4 is 4.74 Å². The fraction of sp³-hybridized carbons (Fsp3) is 0.611. The highest BCUT2D eigenvalue weighted by atomic mass is 32.2. The van der Waals surface area contributed by atoms with Crippen LogP contribution in [-0.4, -0.2) is 56.8 Å². The summed E-state index contributed by atoms with van der Waals surface area (Å²) in [5, 5.41) is 0. The Morgan fingerprint density at radius 1 is 1.12 bits per heavy atom. The standard InChI is InChI=1S/C18H28N2O4S/c1-13(2)10-17(21)19-6-8-20(9-7-19)25(22,23)18-14(3)11-16(24-5)12-15(18)4/h11-13H,6-10H2,1-5H3. The second-order valence-corrected chi connectivity index (χ2v) is 8.85. The van der Waals surface area contributed by atoms with Crippen LogP contribution in [0.4, 0.5) is 0 Å². The molecule has 0 aliphatic carbocycles. The number of methoxy groups -OCH3 is 1. The number of ether oxygens (including phenoxy) is 1. The van der Waals surface area contributed by atoms with Gasteiger partial charge in [-0.25, -0.2) is 8.42 Å². The summed E-state index contributed by atoms with van der Waals surface area (Å²) in [7, 11) is -2.02. The molecule has 6 nitrogen and oxygen atoms in total. The van der Waals surface area contributed by atoms with Crippen LogP contribution >= 0.6 is 0 Å². The summed E-state index contributed by atoms with van der Waals surface area (Å²) in [5.41, 5.74) is 1.35. The first kappa shape index (κ1) is 19.7. The lowest BCUT2D eigenvalue weighted by molar-refractivity contribution is -0.133. The van der Waals surface area contributed by atoms with Gasteiger partial charge in [0.2, 0.25) is 15.9 Å². The van der Waals surface area contributed by atoms with E-state index in [0.717, 1.165) is 0 Å². The average molecular weight is 368 g/mol. The van der Waals surface area contributed by atoms with Crippen LogP contribution in [0.2, 0.25) is 0 Å². The van der Waals surface area contributed by atoms with E-state index in [9.17, 15) is 13.2 Å². The van der Waals surface area contributed by atoms with Crippen LogP contribution in [0.5, 0.6) is 5.75 Å². The second-order valence-electron chi connectivity index (χ2n) is 6.97. The van der Waals surface area contributed by atoms with E-state index >= 15 is 0 Å². The summed E-state index contributed by atoms with van der Waals surface area (Å²) in [6, 6.07) is 3.48. The molecule has 0 saturated carbocycles. The molecule has 7 heteroatoms. The van der Waals surface area contributed by atoms with Crippen molar-refractivity contribution in [2.24, 2.45) is 5.92 Å². The number of aryl methyl sites for hydroxylation is 2. The van der Waals surface area contributed by atoms with Gasteiger partial charge in [-0.1, -0.05) is 13.8 Å². The molecule has 0 N–H and O–H groups in total. The Labute approximate surface area is 150 Å². The van der Waals surface area contributed by atoms with E-state index in [2.05, 4.69) is 0 Å². The number of hydrogen-bond donors (Lipinski definition) is 0. The quantitative estimate of drug-likeness (QED) is 0.799. The van der Waals surface area contributed by atoms with Gasteiger partial charge in [-0.05, 0) is 43.0 Å². The molecule has 1 aromatic rings. The zero-order valence-electron chi connectivity index (χ0n) is 15.7. The van der Waals surface area contributed by atoms with Gasteiger partial charge < -0.3 is 9.64 Å². The third kappa shape index (κ3) is 4.33. The Balaban J connectivity index is 2.16. The van der Waals surface area contributed by atoms with Crippen molar-refractivity contribution in [3.8, 4) is 5.75 Å². The van der Waals surface area contributed by atoms with Gasteiger partial charge in [-0.3, -0.25) is 4.79 Å². The summed E-state index contributed by atoms with van der Waals surface area (Å²) in [4.78, 5) is 14.3. The molecule has 1 aliphatic heterocycles. The number of benzene rings is 1. The average Bonchev–Trinajstić information content (AvgIpc) is 2.53. The van der Waals surface area contributed by atoms with E-state index in [1.54, 1.807) is 38.0 Å². The largest absolute Gasteiger partial charge is 0.497 e. The molecule has 0 radical (unpaired) electrons. The first-order chi connectivity index (χ1) is 11.7. The summed E-state index contributed by atoms with van der Waals surface area (Å²) in [6.45, 7) is 9.13. The van der Waals surface area contributed by atoms with Crippen LogP contribution in [0.1, 0.15) is 31.4 Å². The number of hydrogen-bond acceptors (Lipinski definition) is 4. The summed E-state index contributed by atoms with van der Waals surface area (Å²) >= 11 is 0. The molecule has 1 heterocycles. The fourth-order valence-corrected chi connectivity index (χ4v) is 5.05. The minimum atomic E-state index is -3.58. The topological polar surface area (TPSA) is 66.9 Å². The van der Waals surface area contributed by atoms with E-state index < -0.39 is 10.0 Å². The predicted octanol–water partition coefficient (Wildman–Crippen LogP) is 2.19. The van der Waals surface area contributed by atoms with E-state index in [1.165, 1.54) is 4.31 Å². The molecule has 1 saturated heterocycles. The van der Waals surface area contributed by atoms with Crippen LogP contribution in [0.3, 0.4) is 0 Å². The van der Waals surface area contributed by atoms with Crippen molar-refractivity contribution in [1.29, 1.82) is 0 Å².